The molecule has 0 fully saturated rings. The molecule has 0 aliphatic heterocycles. The summed E-state index contributed by atoms with van der Waals surface area (Å²) in [4.78, 5) is 4.59. The number of aliphatic hydroxyl groups is 2. The third-order valence-corrected chi connectivity index (χ3v) is 4.02. The van der Waals surface area contributed by atoms with Crippen molar-refractivity contribution in [2.45, 2.75) is 19.4 Å². The van der Waals surface area contributed by atoms with Crippen LogP contribution in [0.1, 0.15) is 24.3 Å². The second kappa shape index (κ2) is 8.08. The summed E-state index contributed by atoms with van der Waals surface area (Å²) in [6, 6.07) is 16.8. The zero-order valence-electron chi connectivity index (χ0n) is 14.4. The number of aromatic nitrogens is 1. The van der Waals surface area contributed by atoms with Crippen LogP contribution < -0.4 is 4.74 Å². The lowest BCUT2D eigenvalue weighted by Crippen LogP contribution is -2.05. The minimum Gasteiger partial charge on any atom is -0.457 e. The van der Waals surface area contributed by atoms with Crippen LogP contribution >= 0.6 is 0 Å². The molecular formula is C21H20FNO3. The van der Waals surface area contributed by atoms with Crippen molar-refractivity contribution < 1.29 is 19.3 Å². The number of pyridine rings is 1. The highest BCUT2D eigenvalue weighted by Gasteiger charge is 2.11. The third kappa shape index (κ3) is 4.25. The van der Waals surface area contributed by atoms with E-state index in [1.165, 1.54) is 12.1 Å². The summed E-state index contributed by atoms with van der Waals surface area (Å²) in [7, 11) is 0. The number of hydrogen-bond acceptors (Lipinski definition) is 4. The van der Waals surface area contributed by atoms with Crippen LogP contribution in [0, 0.1) is 5.82 Å². The molecule has 2 N–H and O–H groups in total. The lowest BCUT2D eigenvalue weighted by atomic mass is 10.0. The van der Waals surface area contributed by atoms with Gasteiger partial charge in [-0.05, 0) is 72.6 Å². The molecule has 2 aromatic carbocycles. The van der Waals surface area contributed by atoms with Crippen molar-refractivity contribution in [3.63, 3.8) is 0 Å². The second-order valence-electron chi connectivity index (χ2n) is 5.91. The Kier molecular flexibility index (Phi) is 5.61. The van der Waals surface area contributed by atoms with Gasteiger partial charge in [0.05, 0.1) is 12.3 Å². The topological polar surface area (TPSA) is 62.6 Å². The molecule has 4 nitrogen and oxygen atoms in total. The van der Waals surface area contributed by atoms with Crippen molar-refractivity contribution in [3.8, 4) is 22.8 Å². The van der Waals surface area contributed by atoms with Gasteiger partial charge < -0.3 is 14.9 Å². The van der Waals surface area contributed by atoms with Crippen LogP contribution in [0.15, 0.2) is 60.7 Å². The van der Waals surface area contributed by atoms with Crippen molar-refractivity contribution in [2.24, 2.45) is 0 Å². The Bertz CT molecular complexity index is 863. The van der Waals surface area contributed by atoms with E-state index in [9.17, 15) is 14.6 Å². The van der Waals surface area contributed by atoms with E-state index in [1.54, 1.807) is 36.4 Å². The molecule has 26 heavy (non-hydrogen) atoms. The minimum atomic E-state index is -0.928. The van der Waals surface area contributed by atoms with Crippen LogP contribution in [-0.2, 0) is 6.42 Å². The van der Waals surface area contributed by atoms with Crippen molar-refractivity contribution in [1.29, 1.82) is 0 Å². The Balaban J connectivity index is 1.84. The van der Waals surface area contributed by atoms with E-state index in [1.807, 2.05) is 19.1 Å². The van der Waals surface area contributed by atoms with Crippen LogP contribution in [0.3, 0.4) is 0 Å². The molecule has 1 atom stereocenters. The van der Waals surface area contributed by atoms with Crippen LogP contribution in [0.25, 0.3) is 11.3 Å². The lowest BCUT2D eigenvalue weighted by molar-refractivity contribution is 0.0955. The van der Waals surface area contributed by atoms with E-state index >= 15 is 0 Å². The SMILES string of the molecule is CCc1cc([C@@H](O)CO)cc(-c2ccc(Oc3ccc(F)cc3)cc2)n1. The quantitative estimate of drug-likeness (QED) is 0.695. The summed E-state index contributed by atoms with van der Waals surface area (Å²) in [6.45, 7) is 1.65. The van der Waals surface area contributed by atoms with E-state index in [0.29, 0.717) is 17.1 Å². The first-order chi connectivity index (χ1) is 12.6. The second-order valence-corrected chi connectivity index (χ2v) is 5.91. The van der Waals surface area contributed by atoms with Gasteiger partial charge in [0.15, 0.2) is 0 Å². The first-order valence-electron chi connectivity index (χ1n) is 8.42. The molecular weight excluding hydrogens is 333 g/mol. The highest BCUT2D eigenvalue weighted by molar-refractivity contribution is 5.61. The van der Waals surface area contributed by atoms with Gasteiger partial charge in [0, 0.05) is 11.3 Å². The lowest BCUT2D eigenvalue weighted by Gasteiger charge is -2.12. The van der Waals surface area contributed by atoms with Crippen LogP contribution in [0.2, 0.25) is 0 Å². The average Bonchev–Trinajstić information content (AvgIpc) is 2.69. The number of hydrogen-bond donors (Lipinski definition) is 2. The van der Waals surface area contributed by atoms with Crippen LogP contribution in [0.4, 0.5) is 4.39 Å². The molecule has 3 aromatic rings. The maximum atomic E-state index is 12.9. The monoisotopic (exact) mass is 353 g/mol. The maximum Gasteiger partial charge on any atom is 0.127 e. The smallest absolute Gasteiger partial charge is 0.127 e. The van der Waals surface area contributed by atoms with Gasteiger partial charge in [-0.25, -0.2) is 4.39 Å². The molecule has 0 spiro atoms. The first-order valence-corrected chi connectivity index (χ1v) is 8.42. The Morgan fingerprint density at radius 2 is 1.62 bits per heavy atom. The van der Waals surface area contributed by atoms with Crippen LogP contribution in [-0.4, -0.2) is 21.8 Å². The van der Waals surface area contributed by atoms with E-state index in [4.69, 9.17) is 4.74 Å². The Morgan fingerprint density at radius 1 is 1.00 bits per heavy atom. The highest BCUT2D eigenvalue weighted by Crippen LogP contribution is 2.27. The predicted octanol–water partition coefficient (Wildman–Crippen LogP) is 4.27. The first kappa shape index (κ1) is 18.0. The molecule has 0 unspecified atom stereocenters. The molecule has 3 rings (SSSR count). The molecule has 0 aliphatic rings. The molecule has 5 heteroatoms. The molecule has 0 saturated carbocycles. The van der Waals surface area contributed by atoms with Crippen molar-refractivity contribution in [1.82, 2.24) is 4.98 Å². The summed E-state index contributed by atoms with van der Waals surface area (Å²) in [5.74, 6) is 0.872. The summed E-state index contributed by atoms with van der Waals surface area (Å²) in [5.41, 5.74) is 3.08. The Hall–Kier alpha value is -2.76. The number of aryl methyl sites for hydroxylation is 1. The fourth-order valence-corrected chi connectivity index (χ4v) is 2.57. The molecule has 0 amide bonds. The van der Waals surface area contributed by atoms with Gasteiger partial charge in [0.25, 0.3) is 0 Å². The molecule has 1 aromatic heterocycles. The fourth-order valence-electron chi connectivity index (χ4n) is 2.57. The normalized spacial score (nSPS) is 12.0. The van der Waals surface area contributed by atoms with Gasteiger partial charge in [-0.3, -0.25) is 4.98 Å². The van der Waals surface area contributed by atoms with Crippen molar-refractivity contribution >= 4 is 0 Å². The minimum absolute atomic E-state index is 0.310. The zero-order valence-corrected chi connectivity index (χ0v) is 14.4. The number of rotatable bonds is 6. The van der Waals surface area contributed by atoms with Crippen molar-refractivity contribution in [2.75, 3.05) is 6.61 Å². The van der Waals surface area contributed by atoms with Gasteiger partial charge in [0.2, 0.25) is 0 Å². The van der Waals surface area contributed by atoms with E-state index in [0.717, 1.165) is 23.4 Å². The zero-order chi connectivity index (χ0) is 18.5. The largest absolute Gasteiger partial charge is 0.457 e. The number of halogens is 1. The van der Waals surface area contributed by atoms with Gasteiger partial charge in [-0.1, -0.05) is 6.92 Å². The summed E-state index contributed by atoms with van der Waals surface area (Å²) in [5, 5.41) is 19.1. The molecule has 0 aliphatic carbocycles. The average molecular weight is 353 g/mol. The number of benzene rings is 2. The van der Waals surface area contributed by atoms with Gasteiger partial charge in [-0.15, -0.1) is 0 Å². The summed E-state index contributed by atoms with van der Waals surface area (Å²) >= 11 is 0. The van der Waals surface area contributed by atoms with E-state index in [2.05, 4.69) is 4.98 Å². The number of nitrogens with zero attached hydrogens (tertiary/aromatic N) is 1. The third-order valence-electron chi connectivity index (χ3n) is 4.02. The molecule has 134 valence electrons. The molecule has 0 radical (unpaired) electrons. The molecule has 0 saturated heterocycles. The Morgan fingerprint density at radius 3 is 2.19 bits per heavy atom. The van der Waals surface area contributed by atoms with Crippen LogP contribution in [0.5, 0.6) is 11.5 Å². The summed E-state index contributed by atoms with van der Waals surface area (Å²) in [6.07, 6.45) is -0.201. The van der Waals surface area contributed by atoms with Crippen molar-refractivity contribution in [3.05, 3.63) is 77.7 Å². The Labute approximate surface area is 151 Å². The number of aliphatic hydroxyl groups excluding tert-OH is 2. The van der Waals surface area contributed by atoms with E-state index < -0.39 is 6.10 Å². The van der Waals surface area contributed by atoms with Gasteiger partial charge in [-0.2, -0.15) is 0 Å². The summed E-state index contributed by atoms with van der Waals surface area (Å²) < 4.78 is 18.6. The molecule has 1 heterocycles. The maximum absolute atomic E-state index is 12.9. The fraction of sp³-hybridized carbons (Fsp3) is 0.190. The van der Waals surface area contributed by atoms with Gasteiger partial charge >= 0.3 is 0 Å². The standard InChI is InChI=1S/C21H20FNO3/c1-2-17-11-15(21(25)13-24)12-20(23-17)14-3-7-18(8-4-14)26-19-9-5-16(22)6-10-19/h3-12,21,24-25H,2,13H2,1H3/t21-/m0/s1. The predicted molar refractivity (Wildman–Crippen MR) is 97.6 cm³/mol. The van der Waals surface area contributed by atoms with E-state index in [-0.39, 0.29) is 12.4 Å². The highest BCUT2D eigenvalue weighted by atomic mass is 19.1. The molecule has 0 bridgehead atoms. The van der Waals surface area contributed by atoms with Gasteiger partial charge in [0.1, 0.15) is 23.4 Å². The number of ether oxygens (including phenoxy) is 1.